The average molecular weight is 288 g/mol. The Hall–Kier alpha value is -2.42. The monoisotopic (exact) mass is 288 g/mol. The third-order valence-corrected chi connectivity index (χ3v) is 3.86. The van der Waals surface area contributed by atoms with Gasteiger partial charge in [0.1, 0.15) is 0 Å². The molecule has 0 aliphatic heterocycles. The van der Waals surface area contributed by atoms with Crippen molar-refractivity contribution >= 4 is 11.9 Å². The van der Waals surface area contributed by atoms with Crippen LogP contribution in [0.25, 0.3) is 0 Å². The zero-order valence-electron chi connectivity index (χ0n) is 12.2. The van der Waals surface area contributed by atoms with Crippen LogP contribution in [0.15, 0.2) is 6.07 Å². The molecular formula is C15H16N2O4. The van der Waals surface area contributed by atoms with Gasteiger partial charge in [-0.05, 0) is 30.5 Å². The van der Waals surface area contributed by atoms with E-state index in [1.165, 1.54) is 14.2 Å². The van der Waals surface area contributed by atoms with E-state index in [0.29, 0.717) is 5.69 Å². The molecule has 0 saturated heterocycles. The fourth-order valence-corrected chi connectivity index (χ4v) is 2.86. The Balaban J connectivity index is 2.49. The normalized spacial score (nSPS) is 15.0. The number of carbonyl (C=O) groups is 2. The second-order valence-electron chi connectivity index (χ2n) is 5.09. The Labute approximate surface area is 122 Å². The van der Waals surface area contributed by atoms with Crippen LogP contribution >= 0.6 is 0 Å². The summed E-state index contributed by atoms with van der Waals surface area (Å²) in [5.74, 6) is -1.21. The van der Waals surface area contributed by atoms with Crippen molar-refractivity contribution in [3.8, 4) is 6.07 Å². The van der Waals surface area contributed by atoms with E-state index in [-0.39, 0.29) is 19.3 Å². The maximum absolute atomic E-state index is 12.1. The highest BCUT2D eigenvalue weighted by molar-refractivity contribution is 6.01. The molecule has 1 heterocycles. The van der Waals surface area contributed by atoms with Crippen molar-refractivity contribution in [2.24, 2.45) is 5.41 Å². The van der Waals surface area contributed by atoms with Crippen molar-refractivity contribution in [2.45, 2.75) is 26.2 Å². The Bertz CT molecular complexity index is 630. The van der Waals surface area contributed by atoms with Gasteiger partial charge in [-0.3, -0.25) is 14.6 Å². The van der Waals surface area contributed by atoms with Gasteiger partial charge in [-0.25, -0.2) is 0 Å². The number of rotatable bonds is 3. The van der Waals surface area contributed by atoms with E-state index >= 15 is 0 Å². The van der Waals surface area contributed by atoms with Gasteiger partial charge in [-0.15, -0.1) is 0 Å². The van der Waals surface area contributed by atoms with Gasteiger partial charge < -0.3 is 9.47 Å². The second-order valence-corrected chi connectivity index (χ2v) is 5.09. The van der Waals surface area contributed by atoms with Crippen LogP contribution in [0, 0.1) is 23.7 Å². The van der Waals surface area contributed by atoms with E-state index < -0.39 is 17.4 Å². The van der Waals surface area contributed by atoms with Crippen LogP contribution in [0.3, 0.4) is 0 Å². The number of methoxy groups -OCH3 is 2. The van der Waals surface area contributed by atoms with Gasteiger partial charge in [0, 0.05) is 12.1 Å². The van der Waals surface area contributed by atoms with Crippen molar-refractivity contribution in [3.63, 3.8) is 0 Å². The molecule has 0 bridgehead atoms. The first kappa shape index (κ1) is 15.0. The van der Waals surface area contributed by atoms with Gasteiger partial charge >= 0.3 is 11.9 Å². The molecule has 0 N–H and O–H groups in total. The molecule has 2 rings (SSSR count). The highest BCUT2D eigenvalue weighted by Crippen LogP contribution is 2.40. The first-order chi connectivity index (χ1) is 9.98. The van der Waals surface area contributed by atoms with Crippen LogP contribution in [-0.4, -0.2) is 31.1 Å². The maximum Gasteiger partial charge on any atom is 0.323 e. The predicted octanol–water partition coefficient (Wildman–Crippen LogP) is 0.887. The van der Waals surface area contributed by atoms with Crippen molar-refractivity contribution < 1.29 is 19.1 Å². The Kier molecular flexibility index (Phi) is 3.94. The lowest BCUT2D eigenvalue weighted by Gasteiger charge is -2.22. The van der Waals surface area contributed by atoms with Crippen molar-refractivity contribution in [1.82, 2.24) is 4.98 Å². The summed E-state index contributed by atoms with van der Waals surface area (Å²) in [6, 6.07) is 3.82. The SMILES string of the molecule is COC(=O)C1(C(=O)OC)Cc2cc(CC#N)nc(C)c2C1. The topological polar surface area (TPSA) is 89.3 Å². The van der Waals surface area contributed by atoms with Crippen LogP contribution in [0.5, 0.6) is 0 Å². The standard InChI is InChI=1S/C15H16N2O4/c1-9-12-8-15(13(18)20-2,14(19)21-3)7-10(12)6-11(17-9)4-5-16/h6H,4,7-8H2,1-3H3. The molecule has 0 unspecified atom stereocenters. The molecule has 0 saturated carbocycles. The Morgan fingerprint density at radius 2 is 1.95 bits per heavy atom. The van der Waals surface area contributed by atoms with E-state index in [1.807, 2.05) is 13.0 Å². The number of fused-ring (bicyclic) bond motifs is 1. The molecular weight excluding hydrogens is 272 g/mol. The smallest absolute Gasteiger partial charge is 0.323 e. The summed E-state index contributed by atoms with van der Waals surface area (Å²) in [6.45, 7) is 1.81. The molecule has 1 aliphatic rings. The number of esters is 2. The fraction of sp³-hybridized carbons (Fsp3) is 0.467. The van der Waals surface area contributed by atoms with Crippen molar-refractivity contribution in [2.75, 3.05) is 14.2 Å². The minimum Gasteiger partial charge on any atom is -0.468 e. The minimum atomic E-state index is -1.34. The molecule has 6 nitrogen and oxygen atoms in total. The number of aryl methyl sites for hydroxylation is 1. The maximum atomic E-state index is 12.1. The molecule has 6 heteroatoms. The van der Waals surface area contributed by atoms with Crippen LogP contribution in [0.2, 0.25) is 0 Å². The molecule has 110 valence electrons. The first-order valence-electron chi connectivity index (χ1n) is 6.50. The van der Waals surface area contributed by atoms with E-state index in [2.05, 4.69) is 4.98 Å². The zero-order valence-corrected chi connectivity index (χ0v) is 12.2. The summed E-state index contributed by atoms with van der Waals surface area (Å²) in [4.78, 5) is 28.6. The molecule has 0 atom stereocenters. The van der Waals surface area contributed by atoms with Gasteiger partial charge in [-0.2, -0.15) is 5.26 Å². The van der Waals surface area contributed by atoms with Crippen molar-refractivity contribution in [3.05, 3.63) is 28.6 Å². The highest BCUT2D eigenvalue weighted by Gasteiger charge is 2.53. The summed E-state index contributed by atoms with van der Waals surface area (Å²) in [6.07, 6.45) is 0.619. The lowest BCUT2D eigenvalue weighted by Crippen LogP contribution is -2.42. The van der Waals surface area contributed by atoms with E-state index in [0.717, 1.165) is 16.8 Å². The minimum absolute atomic E-state index is 0.192. The van der Waals surface area contributed by atoms with E-state index in [4.69, 9.17) is 14.7 Å². The molecule has 1 aliphatic carbocycles. The lowest BCUT2D eigenvalue weighted by molar-refractivity contribution is -0.168. The largest absolute Gasteiger partial charge is 0.468 e. The average Bonchev–Trinajstić information content (AvgIpc) is 2.87. The first-order valence-corrected chi connectivity index (χ1v) is 6.50. The number of nitriles is 1. The molecule has 1 aromatic rings. The van der Waals surface area contributed by atoms with Gasteiger partial charge in [0.25, 0.3) is 0 Å². The highest BCUT2D eigenvalue weighted by atomic mass is 16.5. The summed E-state index contributed by atoms with van der Waals surface area (Å²) >= 11 is 0. The molecule has 0 spiro atoms. The number of carbonyl (C=O) groups excluding carboxylic acids is 2. The molecule has 0 radical (unpaired) electrons. The fourth-order valence-electron chi connectivity index (χ4n) is 2.86. The summed E-state index contributed by atoms with van der Waals surface area (Å²) in [5.41, 5.74) is 1.73. The van der Waals surface area contributed by atoms with Crippen LogP contribution in [-0.2, 0) is 38.3 Å². The number of ether oxygens (including phenoxy) is 2. The predicted molar refractivity (Wildman–Crippen MR) is 72.2 cm³/mol. The van der Waals surface area contributed by atoms with Crippen LogP contribution in [0.4, 0.5) is 0 Å². The molecule has 0 aromatic carbocycles. The van der Waals surface area contributed by atoms with Gasteiger partial charge in [-0.1, -0.05) is 0 Å². The molecule has 1 aromatic heterocycles. The van der Waals surface area contributed by atoms with Crippen molar-refractivity contribution in [1.29, 1.82) is 5.26 Å². The summed E-state index contributed by atoms with van der Waals surface area (Å²) < 4.78 is 9.59. The molecule has 0 amide bonds. The van der Waals surface area contributed by atoms with Gasteiger partial charge in [0.2, 0.25) is 0 Å². The zero-order chi connectivity index (χ0) is 15.6. The number of pyridine rings is 1. The lowest BCUT2D eigenvalue weighted by atomic mass is 9.84. The Morgan fingerprint density at radius 3 is 2.48 bits per heavy atom. The molecule has 0 fully saturated rings. The van der Waals surface area contributed by atoms with Crippen LogP contribution in [0.1, 0.15) is 22.5 Å². The number of nitrogens with zero attached hydrogens (tertiary/aromatic N) is 2. The number of aromatic nitrogens is 1. The van der Waals surface area contributed by atoms with E-state index in [1.54, 1.807) is 6.07 Å². The summed E-state index contributed by atoms with van der Waals surface area (Å²) in [5, 5.41) is 8.78. The van der Waals surface area contributed by atoms with Crippen LogP contribution < -0.4 is 0 Å². The second kappa shape index (κ2) is 5.52. The number of hydrogen-bond acceptors (Lipinski definition) is 6. The van der Waals surface area contributed by atoms with Gasteiger partial charge in [0.15, 0.2) is 5.41 Å². The quantitative estimate of drug-likeness (QED) is 0.606. The van der Waals surface area contributed by atoms with E-state index in [9.17, 15) is 9.59 Å². The third kappa shape index (κ3) is 2.35. The molecule has 21 heavy (non-hydrogen) atoms. The van der Waals surface area contributed by atoms with Gasteiger partial charge in [0.05, 0.1) is 32.4 Å². The Morgan fingerprint density at radius 1 is 1.33 bits per heavy atom. The number of hydrogen-bond donors (Lipinski definition) is 0. The summed E-state index contributed by atoms with van der Waals surface area (Å²) in [7, 11) is 2.50. The third-order valence-electron chi connectivity index (χ3n) is 3.86.